The summed E-state index contributed by atoms with van der Waals surface area (Å²) in [7, 11) is 0. The number of hydrogen-bond donors (Lipinski definition) is 1. The summed E-state index contributed by atoms with van der Waals surface area (Å²) in [5.41, 5.74) is 0. The van der Waals surface area contributed by atoms with Crippen molar-refractivity contribution in [3.05, 3.63) is 18.7 Å². The molecule has 1 aromatic heterocycles. The third-order valence-electron chi connectivity index (χ3n) is 3.92. The average Bonchev–Trinajstić information content (AvgIpc) is 2.94. The van der Waals surface area contributed by atoms with Gasteiger partial charge in [-0.1, -0.05) is 20.8 Å². The summed E-state index contributed by atoms with van der Waals surface area (Å²) in [5.74, 6) is 0.125. The number of aryl methyl sites for hydroxylation is 1. The molecule has 2 unspecified atom stereocenters. The Morgan fingerprint density at radius 1 is 1.33 bits per heavy atom. The van der Waals surface area contributed by atoms with Crippen LogP contribution >= 0.6 is 0 Å². The van der Waals surface area contributed by atoms with Crippen LogP contribution in [0, 0.1) is 5.92 Å². The van der Waals surface area contributed by atoms with E-state index in [1.807, 2.05) is 31.5 Å². The van der Waals surface area contributed by atoms with Gasteiger partial charge in [-0.15, -0.1) is 0 Å². The summed E-state index contributed by atoms with van der Waals surface area (Å²) in [6, 6.07) is -0.733. The molecule has 1 aliphatic heterocycles. The Kier molecular flexibility index (Phi) is 4.98. The van der Waals surface area contributed by atoms with E-state index in [4.69, 9.17) is 0 Å². The highest BCUT2D eigenvalue weighted by atomic mass is 16.2. The van der Waals surface area contributed by atoms with Crippen LogP contribution in [-0.2, 0) is 16.1 Å². The van der Waals surface area contributed by atoms with E-state index < -0.39 is 0 Å². The van der Waals surface area contributed by atoms with Crippen molar-refractivity contribution in [2.75, 3.05) is 6.54 Å². The molecule has 2 atom stereocenters. The number of piperazine rings is 1. The summed E-state index contributed by atoms with van der Waals surface area (Å²) in [6.07, 6.45) is 6.85. The van der Waals surface area contributed by atoms with Crippen LogP contribution in [0.2, 0.25) is 0 Å². The maximum atomic E-state index is 12.5. The smallest absolute Gasteiger partial charge is 0.245 e. The maximum absolute atomic E-state index is 12.5. The molecule has 1 N–H and O–H groups in total. The van der Waals surface area contributed by atoms with Crippen molar-refractivity contribution in [1.82, 2.24) is 19.8 Å². The molecule has 1 saturated heterocycles. The molecule has 2 heterocycles. The topological polar surface area (TPSA) is 67.2 Å². The van der Waals surface area contributed by atoms with Gasteiger partial charge in [0.25, 0.3) is 0 Å². The van der Waals surface area contributed by atoms with Crippen LogP contribution in [0.4, 0.5) is 0 Å². The minimum atomic E-state index is -0.374. The van der Waals surface area contributed by atoms with Gasteiger partial charge in [0.15, 0.2) is 0 Å². The largest absolute Gasteiger partial charge is 0.343 e. The lowest BCUT2D eigenvalue weighted by Crippen LogP contribution is -2.64. The van der Waals surface area contributed by atoms with Crippen molar-refractivity contribution in [3.63, 3.8) is 0 Å². The predicted molar refractivity (Wildman–Crippen MR) is 79.4 cm³/mol. The van der Waals surface area contributed by atoms with Crippen molar-refractivity contribution in [1.29, 1.82) is 0 Å². The summed E-state index contributed by atoms with van der Waals surface area (Å²) < 4.78 is 1.98. The number of carbonyl (C=O) groups is 2. The van der Waals surface area contributed by atoms with Crippen LogP contribution in [0.3, 0.4) is 0 Å². The zero-order valence-electron chi connectivity index (χ0n) is 13.0. The summed E-state index contributed by atoms with van der Waals surface area (Å²) >= 11 is 0. The minimum absolute atomic E-state index is 0.0286. The Bertz CT molecular complexity index is 484. The van der Waals surface area contributed by atoms with Gasteiger partial charge < -0.3 is 14.8 Å². The molecule has 0 spiro atoms. The van der Waals surface area contributed by atoms with E-state index >= 15 is 0 Å². The highest BCUT2D eigenvalue weighted by Crippen LogP contribution is 2.19. The van der Waals surface area contributed by atoms with Gasteiger partial charge in [0.2, 0.25) is 11.8 Å². The summed E-state index contributed by atoms with van der Waals surface area (Å²) in [6.45, 7) is 7.28. The zero-order valence-corrected chi connectivity index (χ0v) is 13.0. The molecule has 0 radical (unpaired) electrons. The summed E-state index contributed by atoms with van der Waals surface area (Å²) in [5, 5.41) is 2.84. The lowest BCUT2D eigenvalue weighted by Gasteiger charge is -2.40. The number of aromatic nitrogens is 2. The van der Waals surface area contributed by atoms with Crippen molar-refractivity contribution in [2.24, 2.45) is 5.92 Å². The molecule has 0 aromatic carbocycles. The van der Waals surface area contributed by atoms with Crippen LogP contribution in [0.15, 0.2) is 18.7 Å². The molecule has 2 rings (SSSR count). The van der Waals surface area contributed by atoms with Gasteiger partial charge in [0.1, 0.15) is 12.1 Å². The first-order valence-electron chi connectivity index (χ1n) is 7.61. The highest BCUT2D eigenvalue weighted by Gasteiger charge is 2.40. The van der Waals surface area contributed by atoms with Crippen LogP contribution < -0.4 is 5.32 Å². The Balaban J connectivity index is 2.03. The number of carbonyl (C=O) groups excluding carboxylic acids is 2. The fraction of sp³-hybridized carbons (Fsp3) is 0.667. The highest BCUT2D eigenvalue weighted by molar-refractivity contribution is 5.97. The number of nitrogens with one attached hydrogen (secondary N) is 1. The number of amides is 2. The van der Waals surface area contributed by atoms with Gasteiger partial charge in [-0.05, 0) is 18.8 Å². The number of nitrogens with zero attached hydrogens (tertiary/aromatic N) is 3. The number of rotatable bonds is 6. The van der Waals surface area contributed by atoms with Gasteiger partial charge in [0.05, 0.1) is 6.33 Å². The molecule has 2 amide bonds. The molecular formula is C15H24N4O2. The Morgan fingerprint density at radius 2 is 2.10 bits per heavy atom. The molecule has 6 heteroatoms. The van der Waals surface area contributed by atoms with E-state index in [-0.39, 0.29) is 29.8 Å². The molecule has 0 bridgehead atoms. The van der Waals surface area contributed by atoms with E-state index in [9.17, 15) is 9.59 Å². The lowest BCUT2D eigenvalue weighted by molar-refractivity contribution is -0.151. The SMILES string of the molecule is CCC1NC(=O)C(C(C)C)N(CCCn2ccnc2)C1=O. The Labute approximate surface area is 125 Å². The van der Waals surface area contributed by atoms with E-state index in [0.717, 1.165) is 13.0 Å². The van der Waals surface area contributed by atoms with Crippen molar-refractivity contribution < 1.29 is 9.59 Å². The van der Waals surface area contributed by atoms with E-state index in [1.54, 1.807) is 17.4 Å². The average molecular weight is 292 g/mol. The molecule has 21 heavy (non-hydrogen) atoms. The third kappa shape index (κ3) is 3.43. The van der Waals surface area contributed by atoms with Crippen LogP contribution in [0.5, 0.6) is 0 Å². The fourth-order valence-electron chi connectivity index (χ4n) is 2.83. The molecule has 1 aliphatic rings. The van der Waals surface area contributed by atoms with Crippen LogP contribution in [0.25, 0.3) is 0 Å². The minimum Gasteiger partial charge on any atom is -0.343 e. The second-order valence-corrected chi connectivity index (χ2v) is 5.84. The first-order chi connectivity index (χ1) is 10.0. The fourth-order valence-corrected chi connectivity index (χ4v) is 2.83. The number of imidazole rings is 1. The molecule has 1 fully saturated rings. The van der Waals surface area contributed by atoms with Gasteiger partial charge in [-0.25, -0.2) is 4.98 Å². The number of hydrogen-bond acceptors (Lipinski definition) is 3. The van der Waals surface area contributed by atoms with Crippen LogP contribution in [0.1, 0.15) is 33.6 Å². The lowest BCUT2D eigenvalue weighted by atomic mass is 9.96. The first-order valence-corrected chi connectivity index (χ1v) is 7.61. The second kappa shape index (κ2) is 6.74. The van der Waals surface area contributed by atoms with Crippen molar-refractivity contribution in [3.8, 4) is 0 Å². The van der Waals surface area contributed by atoms with Crippen molar-refractivity contribution >= 4 is 11.8 Å². The zero-order chi connectivity index (χ0) is 15.4. The standard InChI is InChI=1S/C15H24N4O2/c1-4-12-15(21)19(13(11(2)3)14(20)17-12)8-5-7-18-9-6-16-10-18/h6,9-13H,4-5,7-8H2,1-3H3,(H,17,20). The molecule has 0 saturated carbocycles. The van der Waals surface area contributed by atoms with Crippen molar-refractivity contribution in [2.45, 2.75) is 52.2 Å². The Morgan fingerprint density at radius 3 is 2.67 bits per heavy atom. The van der Waals surface area contributed by atoms with Gasteiger partial charge >= 0.3 is 0 Å². The summed E-state index contributed by atoms with van der Waals surface area (Å²) in [4.78, 5) is 30.5. The van der Waals surface area contributed by atoms with Gasteiger partial charge in [0, 0.05) is 25.5 Å². The molecule has 6 nitrogen and oxygen atoms in total. The molecule has 116 valence electrons. The second-order valence-electron chi connectivity index (χ2n) is 5.84. The monoisotopic (exact) mass is 292 g/mol. The van der Waals surface area contributed by atoms with Crippen LogP contribution in [-0.4, -0.2) is 44.9 Å². The maximum Gasteiger partial charge on any atom is 0.245 e. The van der Waals surface area contributed by atoms with Gasteiger partial charge in [-0.3, -0.25) is 9.59 Å². The first kappa shape index (κ1) is 15.5. The Hall–Kier alpha value is -1.85. The molecule has 0 aliphatic carbocycles. The van der Waals surface area contributed by atoms with Gasteiger partial charge in [-0.2, -0.15) is 0 Å². The van der Waals surface area contributed by atoms with E-state index in [0.29, 0.717) is 13.0 Å². The molecular weight excluding hydrogens is 268 g/mol. The normalized spacial score (nSPS) is 22.8. The third-order valence-corrected chi connectivity index (χ3v) is 3.92. The van der Waals surface area contributed by atoms with E-state index in [1.165, 1.54) is 0 Å². The predicted octanol–water partition coefficient (Wildman–Crippen LogP) is 1.03. The quantitative estimate of drug-likeness (QED) is 0.851. The molecule has 1 aromatic rings. The van der Waals surface area contributed by atoms with E-state index in [2.05, 4.69) is 10.3 Å².